The third kappa shape index (κ3) is 4.21. The van der Waals surface area contributed by atoms with E-state index in [1.807, 2.05) is 60.0 Å². The average molecular weight is 441 g/mol. The van der Waals surface area contributed by atoms with Gasteiger partial charge < -0.3 is 11.1 Å². The van der Waals surface area contributed by atoms with Gasteiger partial charge in [-0.25, -0.2) is 9.97 Å². The SMILES string of the molecule is Nc1nccc2cc(CNC(=O)c3cnn(Cc4csc(-c5ccccc5)n4)c3)ccc12. The Kier molecular flexibility index (Phi) is 5.35. The lowest BCUT2D eigenvalue weighted by Gasteiger charge is -2.06. The van der Waals surface area contributed by atoms with E-state index in [-0.39, 0.29) is 5.91 Å². The normalized spacial score (nSPS) is 11.0. The van der Waals surface area contributed by atoms with Crippen LogP contribution in [0.15, 0.2) is 78.6 Å². The molecule has 0 aliphatic carbocycles. The van der Waals surface area contributed by atoms with Crippen molar-refractivity contribution >= 4 is 33.8 Å². The van der Waals surface area contributed by atoms with Crippen molar-refractivity contribution in [3.05, 3.63) is 95.4 Å². The average Bonchev–Trinajstić information content (AvgIpc) is 3.48. The molecule has 0 unspecified atom stereocenters. The predicted molar refractivity (Wildman–Crippen MR) is 126 cm³/mol. The van der Waals surface area contributed by atoms with Gasteiger partial charge >= 0.3 is 0 Å². The summed E-state index contributed by atoms with van der Waals surface area (Å²) in [5.41, 5.74) is 9.40. The largest absolute Gasteiger partial charge is 0.383 e. The van der Waals surface area contributed by atoms with Gasteiger partial charge in [0.2, 0.25) is 0 Å². The first-order valence-electron chi connectivity index (χ1n) is 10.1. The number of carbonyl (C=O) groups is 1. The van der Waals surface area contributed by atoms with Crippen molar-refractivity contribution in [2.45, 2.75) is 13.1 Å². The number of aromatic nitrogens is 4. The number of carbonyl (C=O) groups excluding carboxylic acids is 1. The molecule has 5 rings (SSSR count). The molecule has 0 radical (unpaired) electrons. The molecule has 8 heteroatoms. The summed E-state index contributed by atoms with van der Waals surface area (Å²) in [4.78, 5) is 21.4. The summed E-state index contributed by atoms with van der Waals surface area (Å²) in [7, 11) is 0. The Morgan fingerprint density at radius 1 is 1.12 bits per heavy atom. The number of nitrogens with one attached hydrogen (secondary N) is 1. The molecule has 0 atom stereocenters. The van der Waals surface area contributed by atoms with E-state index in [0.717, 1.165) is 32.6 Å². The van der Waals surface area contributed by atoms with Gasteiger partial charge in [0.25, 0.3) is 5.91 Å². The monoisotopic (exact) mass is 440 g/mol. The topological polar surface area (TPSA) is 98.7 Å². The number of thiazole rings is 1. The van der Waals surface area contributed by atoms with Gasteiger partial charge in [-0.15, -0.1) is 11.3 Å². The van der Waals surface area contributed by atoms with E-state index < -0.39 is 0 Å². The molecule has 0 aliphatic rings. The fourth-order valence-electron chi connectivity index (χ4n) is 3.47. The van der Waals surface area contributed by atoms with Gasteiger partial charge in [-0.2, -0.15) is 5.10 Å². The second kappa shape index (κ2) is 8.60. The van der Waals surface area contributed by atoms with Gasteiger partial charge in [0, 0.05) is 35.3 Å². The molecule has 0 fully saturated rings. The van der Waals surface area contributed by atoms with Crippen LogP contribution in [0.25, 0.3) is 21.3 Å². The summed E-state index contributed by atoms with van der Waals surface area (Å²) in [5, 5.41) is 12.2. The van der Waals surface area contributed by atoms with E-state index in [2.05, 4.69) is 20.4 Å². The Morgan fingerprint density at radius 3 is 2.88 bits per heavy atom. The van der Waals surface area contributed by atoms with Gasteiger partial charge in [-0.05, 0) is 23.1 Å². The fourth-order valence-corrected chi connectivity index (χ4v) is 4.29. The van der Waals surface area contributed by atoms with Crippen LogP contribution in [0.3, 0.4) is 0 Å². The Labute approximate surface area is 188 Å². The fraction of sp³-hybridized carbons (Fsp3) is 0.0833. The number of benzene rings is 2. The Balaban J connectivity index is 1.22. The van der Waals surface area contributed by atoms with Crippen LogP contribution in [0.4, 0.5) is 5.82 Å². The molecule has 7 nitrogen and oxygen atoms in total. The van der Waals surface area contributed by atoms with E-state index in [1.54, 1.807) is 34.6 Å². The summed E-state index contributed by atoms with van der Waals surface area (Å²) in [6.45, 7) is 0.922. The maximum Gasteiger partial charge on any atom is 0.254 e. The lowest BCUT2D eigenvalue weighted by atomic mass is 10.1. The van der Waals surface area contributed by atoms with Crippen LogP contribution in [0.5, 0.6) is 0 Å². The molecule has 32 heavy (non-hydrogen) atoms. The van der Waals surface area contributed by atoms with Crippen LogP contribution < -0.4 is 11.1 Å². The lowest BCUT2D eigenvalue weighted by Crippen LogP contribution is -2.22. The highest BCUT2D eigenvalue weighted by atomic mass is 32.1. The number of pyridine rings is 1. The molecular formula is C24H20N6OS. The molecule has 3 aromatic heterocycles. The smallest absolute Gasteiger partial charge is 0.254 e. The summed E-state index contributed by atoms with van der Waals surface area (Å²) >= 11 is 1.60. The van der Waals surface area contributed by atoms with Crippen molar-refractivity contribution in [2.75, 3.05) is 5.73 Å². The van der Waals surface area contributed by atoms with Crippen molar-refractivity contribution < 1.29 is 4.79 Å². The quantitative estimate of drug-likeness (QED) is 0.414. The van der Waals surface area contributed by atoms with Gasteiger partial charge in [-0.3, -0.25) is 9.48 Å². The molecule has 158 valence electrons. The zero-order valence-electron chi connectivity index (χ0n) is 17.1. The highest BCUT2D eigenvalue weighted by Gasteiger charge is 2.11. The van der Waals surface area contributed by atoms with E-state index in [4.69, 9.17) is 5.73 Å². The minimum atomic E-state index is -0.172. The van der Waals surface area contributed by atoms with E-state index in [9.17, 15) is 4.79 Å². The molecule has 1 amide bonds. The number of amides is 1. The maximum atomic E-state index is 12.6. The van der Waals surface area contributed by atoms with Crippen molar-refractivity contribution in [2.24, 2.45) is 0 Å². The highest BCUT2D eigenvalue weighted by molar-refractivity contribution is 7.13. The Bertz CT molecular complexity index is 1390. The predicted octanol–water partition coefficient (Wildman–Crippen LogP) is 4.12. The van der Waals surface area contributed by atoms with E-state index >= 15 is 0 Å². The number of hydrogen-bond acceptors (Lipinski definition) is 6. The number of fused-ring (bicyclic) bond motifs is 1. The molecule has 5 aromatic rings. The van der Waals surface area contributed by atoms with Gasteiger partial charge in [0.1, 0.15) is 10.8 Å². The maximum absolute atomic E-state index is 12.6. The minimum absolute atomic E-state index is 0.172. The molecule has 3 heterocycles. The summed E-state index contributed by atoms with van der Waals surface area (Å²) in [5.74, 6) is 0.329. The van der Waals surface area contributed by atoms with E-state index in [1.165, 1.54) is 0 Å². The van der Waals surface area contributed by atoms with Gasteiger partial charge in [0.15, 0.2) is 0 Å². The first-order valence-corrected chi connectivity index (χ1v) is 11.0. The van der Waals surface area contributed by atoms with Crippen LogP contribution in [0, 0.1) is 0 Å². The van der Waals surface area contributed by atoms with Crippen LogP contribution >= 0.6 is 11.3 Å². The minimum Gasteiger partial charge on any atom is -0.383 e. The first-order chi connectivity index (χ1) is 15.7. The molecule has 0 saturated heterocycles. The molecule has 2 aromatic carbocycles. The standard InChI is InChI=1S/C24H20N6OS/c25-22-21-7-6-16(10-18(21)8-9-26-22)11-27-23(31)19-12-28-30(13-19)14-20-15-32-24(29-20)17-4-2-1-3-5-17/h1-10,12-13,15H,11,14H2,(H2,25,26)(H,27,31). The number of hydrogen-bond donors (Lipinski definition) is 2. The number of rotatable bonds is 6. The van der Waals surface area contributed by atoms with E-state index in [0.29, 0.717) is 24.5 Å². The molecule has 0 aliphatic heterocycles. The Hall–Kier alpha value is -4.04. The number of nitrogens with two attached hydrogens (primary N) is 1. The van der Waals surface area contributed by atoms with Gasteiger partial charge in [-0.1, -0.05) is 42.5 Å². The first kappa shape index (κ1) is 19.9. The summed E-state index contributed by atoms with van der Waals surface area (Å²) < 4.78 is 1.73. The second-order valence-corrected chi connectivity index (χ2v) is 8.23. The van der Waals surface area contributed by atoms with Crippen LogP contribution in [0.2, 0.25) is 0 Å². The van der Waals surface area contributed by atoms with Crippen LogP contribution in [0.1, 0.15) is 21.6 Å². The van der Waals surface area contributed by atoms with Crippen LogP contribution in [-0.4, -0.2) is 25.7 Å². The van der Waals surface area contributed by atoms with Gasteiger partial charge in [0.05, 0.1) is 24.0 Å². The highest BCUT2D eigenvalue weighted by Crippen LogP contribution is 2.23. The van der Waals surface area contributed by atoms with Crippen LogP contribution in [-0.2, 0) is 13.1 Å². The lowest BCUT2D eigenvalue weighted by molar-refractivity contribution is 0.0951. The molecule has 0 saturated carbocycles. The summed E-state index contributed by atoms with van der Waals surface area (Å²) in [6.07, 6.45) is 5.00. The summed E-state index contributed by atoms with van der Waals surface area (Å²) in [6, 6.07) is 17.8. The van der Waals surface area contributed by atoms with Crippen molar-refractivity contribution in [3.8, 4) is 10.6 Å². The number of nitrogens with zero attached hydrogens (tertiary/aromatic N) is 4. The molecular weight excluding hydrogens is 420 g/mol. The zero-order chi connectivity index (χ0) is 21.9. The van der Waals surface area contributed by atoms with Crippen molar-refractivity contribution in [1.82, 2.24) is 25.1 Å². The number of anilines is 1. The third-order valence-corrected chi connectivity index (χ3v) is 6.04. The number of nitrogen functional groups attached to an aromatic ring is 1. The zero-order valence-corrected chi connectivity index (χ0v) is 17.9. The third-order valence-electron chi connectivity index (χ3n) is 5.10. The van der Waals surface area contributed by atoms with Crippen molar-refractivity contribution in [3.63, 3.8) is 0 Å². The Morgan fingerprint density at radius 2 is 2.00 bits per heavy atom. The molecule has 0 bridgehead atoms. The molecule has 3 N–H and O–H groups in total. The van der Waals surface area contributed by atoms with Crippen molar-refractivity contribution in [1.29, 1.82) is 0 Å². The molecule has 0 spiro atoms. The second-order valence-electron chi connectivity index (χ2n) is 7.37.